The predicted molar refractivity (Wildman–Crippen MR) is 69.7 cm³/mol. The minimum atomic E-state index is -1.51. The van der Waals surface area contributed by atoms with Gasteiger partial charge in [0.2, 0.25) is 0 Å². The summed E-state index contributed by atoms with van der Waals surface area (Å²) in [6.07, 6.45) is 0. The highest BCUT2D eigenvalue weighted by Crippen LogP contribution is 2.24. The molecular weight excluding hydrogens is 282 g/mol. The van der Waals surface area contributed by atoms with E-state index < -0.39 is 29.0 Å². The number of carbonyl (C=O) groups excluding carboxylic acids is 2. The average Bonchev–Trinajstić information content (AvgIpc) is 2.37. The van der Waals surface area contributed by atoms with Crippen molar-refractivity contribution in [2.45, 2.75) is 19.9 Å². The summed E-state index contributed by atoms with van der Waals surface area (Å²) in [7, 11) is 0. The fraction of sp³-hybridized carbons (Fsp3) is 0.231. The zero-order chi connectivity index (χ0) is 16.2. The number of carbonyl (C=O) groups is 4. The number of aromatic carboxylic acids is 2. The molecule has 21 heavy (non-hydrogen) atoms. The first-order valence-electron chi connectivity index (χ1n) is 5.83. The van der Waals surface area contributed by atoms with Gasteiger partial charge in [-0.05, 0) is 26.0 Å². The lowest BCUT2D eigenvalue weighted by Gasteiger charge is -2.13. The highest BCUT2D eigenvalue weighted by atomic mass is 16.5. The van der Waals surface area contributed by atoms with E-state index in [-0.39, 0.29) is 23.8 Å². The minimum absolute atomic E-state index is 0.0214. The van der Waals surface area contributed by atoms with Crippen molar-refractivity contribution in [2.24, 2.45) is 0 Å². The Kier molecular flexibility index (Phi) is 5.01. The van der Waals surface area contributed by atoms with Gasteiger partial charge in [0, 0.05) is 6.04 Å². The third-order valence-corrected chi connectivity index (χ3v) is 2.42. The van der Waals surface area contributed by atoms with E-state index in [4.69, 9.17) is 10.2 Å². The molecule has 0 spiro atoms. The molecular formula is C13H13NO7. The van der Waals surface area contributed by atoms with E-state index in [1.54, 1.807) is 13.8 Å². The first-order valence-corrected chi connectivity index (χ1v) is 5.83. The lowest BCUT2D eigenvalue weighted by molar-refractivity contribution is -0.120. The maximum absolute atomic E-state index is 12.0. The monoisotopic (exact) mass is 295 g/mol. The van der Waals surface area contributed by atoms with Gasteiger partial charge in [0.05, 0.1) is 16.7 Å². The van der Waals surface area contributed by atoms with Crippen LogP contribution >= 0.6 is 0 Å². The number of ether oxygens (including phenoxy) is 1. The number of hydrogen-bond acceptors (Lipinski definition) is 5. The van der Waals surface area contributed by atoms with Crippen molar-refractivity contribution in [3.8, 4) is 5.75 Å². The summed E-state index contributed by atoms with van der Waals surface area (Å²) < 4.78 is 4.57. The standard InChI is InChI=1S/C13H13NO7/c1-6(2)14-11(16)9-3-7(12(17)18)8(13(19)20)4-10(9)21-5-15/h3-6H,1-2H3,(H,14,16)(H,17,18)(H,19,20). The molecule has 8 heteroatoms. The number of amides is 1. The van der Waals surface area contributed by atoms with E-state index in [2.05, 4.69) is 10.1 Å². The molecule has 8 nitrogen and oxygen atoms in total. The number of carboxylic acid groups (broad SMARTS) is 2. The van der Waals surface area contributed by atoms with Crippen LogP contribution in [0.5, 0.6) is 5.75 Å². The molecule has 0 bridgehead atoms. The summed E-state index contributed by atoms with van der Waals surface area (Å²) in [5.41, 5.74) is -1.40. The molecule has 0 aliphatic heterocycles. The van der Waals surface area contributed by atoms with Crippen LogP contribution in [0.1, 0.15) is 44.9 Å². The van der Waals surface area contributed by atoms with E-state index in [0.29, 0.717) is 0 Å². The summed E-state index contributed by atoms with van der Waals surface area (Å²) in [6.45, 7) is 3.39. The largest absolute Gasteiger partial charge is 0.478 e. The van der Waals surface area contributed by atoms with E-state index in [1.807, 2.05) is 0 Å². The SMILES string of the molecule is CC(C)NC(=O)c1cc(C(=O)O)c(C(=O)O)cc1OC=O. The van der Waals surface area contributed by atoms with E-state index in [9.17, 15) is 19.2 Å². The van der Waals surface area contributed by atoms with Crippen molar-refractivity contribution >= 4 is 24.3 Å². The third-order valence-electron chi connectivity index (χ3n) is 2.42. The van der Waals surface area contributed by atoms with Crippen LogP contribution < -0.4 is 10.1 Å². The van der Waals surface area contributed by atoms with Gasteiger partial charge in [-0.3, -0.25) is 9.59 Å². The highest BCUT2D eigenvalue weighted by Gasteiger charge is 2.23. The molecule has 0 radical (unpaired) electrons. The first-order chi connectivity index (χ1) is 9.77. The number of benzene rings is 1. The maximum Gasteiger partial charge on any atom is 0.336 e. The lowest BCUT2D eigenvalue weighted by atomic mass is 10.0. The third kappa shape index (κ3) is 3.78. The molecule has 1 rings (SSSR count). The minimum Gasteiger partial charge on any atom is -0.478 e. The molecule has 0 aliphatic carbocycles. The smallest absolute Gasteiger partial charge is 0.336 e. The summed E-state index contributed by atoms with van der Waals surface area (Å²) in [5.74, 6) is -4.03. The van der Waals surface area contributed by atoms with Crippen LogP contribution in [0, 0.1) is 0 Å². The highest BCUT2D eigenvalue weighted by molar-refractivity contribution is 6.06. The van der Waals surface area contributed by atoms with Crippen molar-refractivity contribution in [3.05, 3.63) is 28.8 Å². The molecule has 0 unspecified atom stereocenters. The second-order valence-electron chi connectivity index (χ2n) is 4.35. The number of hydrogen-bond donors (Lipinski definition) is 3. The van der Waals surface area contributed by atoms with Crippen LogP contribution in [0.2, 0.25) is 0 Å². The normalized spacial score (nSPS) is 10.0. The Hall–Kier alpha value is -2.90. The molecule has 1 aromatic carbocycles. The first kappa shape index (κ1) is 16.2. The Morgan fingerprint density at radius 1 is 1.10 bits per heavy atom. The van der Waals surface area contributed by atoms with E-state index in [0.717, 1.165) is 12.1 Å². The van der Waals surface area contributed by atoms with Gasteiger partial charge in [-0.15, -0.1) is 0 Å². The summed E-state index contributed by atoms with van der Waals surface area (Å²) >= 11 is 0. The van der Waals surface area contributed by atoms with Crippen molar-refractivity contribution < 1.29 is 34.1 Å². The summed E-state index contributed by atoms with van der Waals surface area (Å²) in [5, 5.41) is 20.5. The quantitative estimate of drug-likeness (QED) is 0.660. The van der Waals surface area contributed by atoms with Gasteiger partial charge in [-0.1, -0.05) is 0 Å². The van der Waals surface area contributed by atoms with Crippen LogP contribution in [0.25, 0.3) is 0 Å². The van der Waals surface area contributed by atoms with Gasteiger partial charge in [0.15, 0.2) is 0 Å². The van der Waals surface area contributed by atoms with Crippen molar-refractivity contribution in [1.82, 2.24) is 5.32 Å². The molecule has 0 saturated heterocycles. The van der Waals surface area contributed by atoms with Crippen molar-refractivity contribution in [3.63, 3.8) is 0 Å². The Balaban J connectivity index is 3.50. The Morgan fingerprint density at radius 3 is 2.05 bits per heavy atom. The second-order valence-corrected chi connectivity index (χ2v) is 4.35. The molecule has 3 N–H and O–H groups in total. The van der Waals surface area contributed by atoms with Crippen LogP contribution in [0.15, 0.2) is 12.1 Å². The Morgan fingerprint density at radius 2 is 1.62 bits per heavy atom. The van der Waals surface area contributed by atoms with E-state index in [1.165, 1.54) is 0 Å². The van der Waals surface area contributed by atoms with Crippen molar-refractivity contribution in [1.29, 1.82) is 0 Å². The Labute approximate surface area is 119 Å². The molecule has 112 valence electrons. The maximum atomic E-state index is 12.0. The zero-order valence-corrected chi connectivity index (χ0v) is 11.2. The molecule has 0 aliphatic rings. The van der Waals surface area contributed by atoms with Gasteiger partial charge in [0.1, 0.15) is 5.75 Å². The van der Waals surface area contributed by atoms with E-state index >= 15 is 0 Å². The molecule has 1 amide bonds. The molecule has 0 heterocycles. The second kappa shape index (κ2) is 6.51. The summed E-state index contributed by atoms with van der Waals surface area (Å²) in [6, 6.07) is 1.45. The fourth-order valence-electron chi connectivity index (χ4n) is 1.60. The van der Waals surface area contributed by atoms with Crippen LogP contribution in [0.4, 0.5) is 0 Å². The fourth-order valence-corrected chi connectivity index (χ4v) is 1.60. The molecule has 0 aromatic heterocycles. The van der Waals surface area contributed by atoms with Crippen LogP contribution in [0.3, 0.4) is 0 Å². The molecule has 0 fully saturated rings. The molecule has 0 atom stereocenters. The average molecular weight is 295 g/mol. The van der Waals surface area contributed by atoms with Gasteiger partial charge in [0.25, 0.3) is 12.4 Å². The number of carboxylic acids is 2. The van der Waals surface area contributed by atoms with Gasteiger partial charge >= 0.3 is 11.9 Å². The Bertz CT molecular complexity index is 607. The van der Waals surface area contributed by atoms with Crippen LogP contribution in [-0.2, 0) is 4.79 Å². The van der Waals surface area contributed by atoms with Crippen molar-refractivity contribution in [2.75, 3.05) is 0 Å². The molecule has 1 aromatic rings. The number of nitrogens with one attached hydrogen (secondary N) is 1. The van der Waals surface area contributed by atoms with Crippen LogP contribution in [-0.4, -0.2) is 40.6 Å². The lowest BCUT2D eigenvalue weighted by Crippen LogP contribution is -2.30. The summed E-state index contributed by atoms with van der Waals surface area (Å²) in [4.78, 5) is 44.5. The molecule has 0 saturated carbocycles. The van der Waals surface area contributed by atoms with Gasteiger partial charge in [-0.2, -0.15) is 0 Å². The topological polar surface area (TPSA) is 130 Å². The zero-order valence-electron chi connectivity index (χ0n) is 11.2. The predicted octanol–water partition coefficient (Wildman–Crippen LogP) is 0.756. The number of rotatable bonds is 6. The van der Waals surface area contributed by atoms with Gasteiger partial charge in [-0.25, -0.2) is 9.59 Å². The van der Waals surface area contributed by atoms with Gasteiger partial charge < -0.3 is 20.3 Å².